The fourth-order valence-electron chi connectivity index (χ4n) is 1.39. The van der Waals surface area contributed by atoms with Gasteiger partial charge in [-0.3, -0.25) is 4.79 Å². The van der Waals surface area contributed by atoms with Gasteiger partial charge in [0, 0.05) is 24.7 Å². The molecule has 1 unspecified atom stereocenters. The van der Waals surface area contributed by atoms with Gasteiger partial charge in [0.1, 0.15) is 5.01 Å². The number of alkyl halides is 3. The van der Waals surface area contributed by atoms with Crippen molar-refractivity contribution >= 4 is 23.3 Å². The highest BCUT2D eigenvalue weighted by Gasteiger charge is 2.44. The van der Waals surface area contributed by atoms with Gasteiger partial charge in [0.05, 0.1) is 6.42 Å². The third-order valence-corrected chi connectivity index (χ3v) is 3.51. The van der Waals surface area contributed by atoms with Crippen molar-refractivity contribution in [3.63, 3.8) is 0 Å². The van der Waals surface area contributed by atoms with Crippen LogP contribution in [0.2, 0.25) is 0 Å². The molecule has 10 heteroatoms. The zero-order valence-electron chi connectivity index (χ0n) is 11.3. The topological polar surface area (TPSA) is 82.5 Å². The number of thiazole rings is 1. The van der Waals surface area contributed by atoms with E-state index in [1.165, 1.54) is 12.4 Å². The Kier molecular flexibility index (Phi) is 5.53. The minimum absolute atomic E-state index is 0.192. The monoisotopic (exact) mass is 325 g/mol. The summed E-state index contributed by atoms with van der Waals surface area (Å²) in [5.41, 5.74) is 0.428. The van der Waals surface area contributed by atoms with Crippen LogP contribution in [-0.4, -0.2) is 46.8 Å². The highest BCUT2D eigenvalue weighted by molar-refractivity contribution is 7.09. The van der Waals surface area contributed by atoms with Gasteiger partial charge in [0.25, 0.3) is 0 Å². The van der Waals surface area contributed by atoms with Crippen LogP contribution in [0.5, 0.6) is 0 Å². The number of carbonyl (C=O) groups is 2. The van der Waals surface area contributed by atoms with Crippen LogP contribution in [0.4, 0.5) is 18.0 Å². The second kappa shape index (κ2) is 6.74. The Morgan fingerprint density at radius 1 is 1.52 bits per heavy atom. The van der Waals surface area contributed by atoms with E-state index in [0.29, 0.717) is 5.69 Å². The molecule has 2 N–H and O–H groups in total. The predicted octanol–water partition coefficient (Wildman–Crippen LogP) is 2.17. The van der Waals surface area contributed by atoms with Crippen LogP contribution in [0.15, 0.2) is 5.38 Å². The van der Waals surface area contributed by atoms with Gasteiger partial charge in [-0.1, -0.05) is 0 Å². The molecule has 0 aliphatic rings. The van der Waals surface area contributed by atoms with Gasteiger partial charge in [0.2, 0.25) is 0 Å². The molecule has 0 aromatic carbocycles. The number of hydrogen-bond acceptors (Lipinski definition) is 4. The van der Waals surface area contributed by atoms with Crippen molar-refractivity contribution in [3.05, 3.63) is 16.1 Å². The maximum absolute atomic E-state index is 13.0. The van der Waals surface area contributed by atoms with Gasteiger partial charge in [-0.05, 0) is 6.92 Å². The molecule has 6 nitrogen and oxygen atoms in total. The molecule has 0 fully saturated rings. The van der Waals surface area contributed by atoms with Gasteiger partial charge in [-0.2, -0.15) is 13.2 Å². The summed E-state index contributed by atoms with van der Waals surface area (Å²) >= 11 is 0.798. The summed E-state index contributed by atoms with van der Waals surface area (Å²) in [5.74, 6) is -1.14. The van der Waals surface area contributed by atoms with E-state index in [1.807, 2.05) is 5.32 Å². The summed E-state index contributed by atoms with van der Waals surface area (Å²) < 4.78 is 39.0. The summed E-state index contributed by atoms with van der Waals surface area (Å²) in [4.78, 5) is 26.7. The minimum Gasteiger partial charge on any atom is -0.481 e. The fourth-order valence-corrected chi connectivity index (χ4v) is 2.26. The average Bonchev–Trinajstić information content (AvgIpc) is 2.77. The van der Waals surface area contributed by atoms with Gasteiger partial charge < -0.3 is 15.3 Å². The maximum Gasteiger partial charge on any atom is 0.415 e. The number of carboxylic acids is 1. The second-order valence-electron chi connectivity index (χ2n) is 4.32. The van der Waals surface area contributed by atoms with Crippen molar-refractivity contribution in [1.82, 2.24) is 15.2 Å². The van der Waals surface area contributed by atoms with Crippen LogP contribution in [0.1, 0.15) is 23.2 Å². The largest absolute Gasteiger partial charge is 0.481 e. The lowest BCUT2D eigenvalue weighted by atomic mass is 10.3. The van der Waals surface area contributed by atoms with E-state index in [-0.39, 0.29) is 18.0 Å². The van der Waals surface area contributed by atoms with E-state index >= 15 is 0 Å². The zero-order valence-corrected chi connectivity index (χ0v) is 12.1. The molecular weight excluding hydrogens is 311 g/mol. The highest BCUT2D eigenvalue weighted by Crippen LogP contribution is 2.34. The van der Waals surface area contributed by atoms with Gasteiger partial charge in [-0.15, -0.1) is 11.3 Å². The summed E-state index contributed by atoms with van der Waals surface area (Å²) in [6, 6.07) is -3.22. The quantitative estimate of drug-likeness (QED) is 0.869. The lowest BCUT2D eigenvalue weighted by Gasteiger charge is -2.23. The summed E-state index contributed by atoms with van der Waals surface area (Å²) in [6.45, 7) is 1.36. The smallest absolute Gasteiger partial charge is 0.415 e. The summed E-state index contributed by atoms with van der Waals surface area (Å²) in [5, 5.41) is 11.5. The Hall–Kier alpha value is -1.84. The number of urea groups is 1. The van der Waals surface area contributed by atoms with Gasteiger partial charge in [-0.25, -0.2) is 9.78 Å². The Labute approximate surface area is 122 Å². The molecule has 2 amide bonds. The number of halogens is 3. The first kappa shape index (κ1) is 17.2. The molecule has 1 rings (SSSR count). The SMILES string of the molecule is Cc1csc(C(NC(=O)N(C)CCC(=O)O)C(F)(F)F)n1. The van der Waals surface area contributed by atoms with E-state index in [4.69, 9.17) is 5.11 Å². The number of nitrogens with zero attached hydrogens (tertiary/aromatic N) is 2. The third-order valence-electron chi connectivity index (χ3n) is 2.49. The maximum atomic E-state index is 13.0. The van der Waals surface area contributed by atoms with Crippen molar-refractivity contribution in [2.75, 3.05) is 13.6 Å². The van der Waals surface area contributed by atoms with Crippen LogP contribution < -0.4 is 5.32 Å². The van der Waals surface area contributed by atoms with Crippen LogP contribution in [-0.2, 0) is 4.79 Å². The second-order valence-corrected chi connectivity index (χ2v) is 5.21. The van der Waals surface area contributed by atoms with E-state index in [1.54, 1.807) is 6.92 Å². The molecular formula is C11H14F3N3O3S. The number of carbonyl (C=O) groups excluding carboxylic acids is 1. The van der Waals surface area contributed by atoms with Gasteiger partial charge >= 0.3 is 18.2 Å². The molecule has 1 heterocycles. The fraction of sp³-hybridized carbons (Fsp3) is 0.545. The molecule has 1 aromatic rings. The zero-order chi connectivity index (χ0) is 16.2. The van der Waals surface area contributed by atoms with Crippen molar-refractivity contribution in [2.24, 2.45) is 0 Å². The Bertz CT molecular complexity index is 518. The first-order chi connectivity index (χ1) is 9.61. The molecule has 0 saturated carbocycles. The Balaban J connectivity index is 2.78. The van der Waals surface area contributed by atoms with E-state index in [2.05, 4.69) is 4.98 Å². The van der Waals surface area contributed by atoms with Crippen molar-refractivity contribution in [3.8, 4) is 0 Å². The number of carboxylic acid groups (broad SMARTS) is 1. The highest BCUT2D eigenvalue weighted by atomic mass is 32.1. The van der Waals surface area contributed by atoms with E-state index < -0.39 is 24.2 Å². The number of aliphatic carboxylic acids is 1. The molecule has 0 bridgehead atoms. The number of hydrogen-bond donors (Lipinski definition) is 2. The van der Waals surface area contributed by atoms with Crippen LogP contribution >= 0.6 is 11.3 Å². The van der Waals surface area contributed by atoms with E-state index in [9.17, 15) is 22.8 Å². The number of nitrogens with one attached hydrogen (secondary N) is 1. The standard InChI is InChI=1S/C11H14F3N3O3S/c1-6-5-21-9(15-6)8(11(12,13)14)16-10(20)17(2)4-3-7(18)19/h5,8H,3-4H2,1-2H3,(H,16,20)(H,18,19). The molecule has 118 valence electrons. The van der Waals surface area contributed by atoms with Gasteiger partial charge in [0.15, 0.2) is 6.04 Å². The Morgan fingerprint density at radius 2 is 2.14 bits per heavy atom. The molecule has 0 saturated heterocycles. The molecule has 0 radical (unpaired) electrons. The van der Waals surface area contributed by atoms with Crippen molar-refractivity contribution < 1.29 is 27.9 Å². The summed E-state index contributed by atoms with van der Waals surface area (Å²) in [6.07, 6.45) is -5.04. The van der Waals surface area contributed by atoms with Crippen LogP contribution in [0, 0.1) is 6.92 Å². The molecule has 0 spiro atoms. The van der Waals surface area contributed by atoms with Crippen molar-refractivity contribution in [2.45, 2.75) is 25.6 Å². The Morgan fingerprint density at radius 3 is 2.57 bits per heavy atom. The number of rotatable bonds is 5. The molecule has 1 aromatic heterocycles. The molecule has 0 aliphatic carbocycles. The van der Waals surface area contributed by atoms with Crippen molar-refractivity contribution in [1.29, 1.82) is 0 Å². The van der Waals surface area contributed by atoms with Crippen LogP contribution in [0.3, 0.4) is 0 Å². The lowest BCUT2D eigenvalue weighted by Crippen LogP contribution is -2.44. The number of aromatic nitrogens is 1. The predicted molar refractivity (Wildman–Crippen MR) is 69.1 cm³/mol. The average molecular weight is 325 g/mol. The molecule has 1 atom stereocenters. The normalized spacial score (nSPS) is 12.8. The third kappa shape index (κ3) is 5.21. The number of aryl methyl sites for hydroxylation is 1. The minimum atomic E-state index is -4.69. The molecule has 0 aliphatic heterocycles. The van der Waals surface area contributed by atoms with Crippen LogP contribution in [0.25, 0.3) is 0 Å². The first-order valence-corrected chi connectivity index (χ1v) is 6.71. The molecule has 21 heavy (non-hydrogen) atoms. The first-order valence-electron chi connectivity index (χ1n) is 5.83. The summed E-state index contributed by atoms with van der Waals surface area (Å²) in [7, 11) is 1.22. The number of amides is 2. The van der Waals surface area contributed by atoms with E-state index in [0.717, 1.165) is 16.2 Å². The lowest BCUT2D eigenvalue weighted by molar-refractivity contribution is -0.155.